The van der Waals surface area contributed by atoms with Crippen molar-refractivity contribution in [3.8, 4) is 16.9 Å². The van der Waals surface area contributed by atoms with Gasteiger partial charge in [-0.2, -0.15) is 0 Å². The van der Waals surface area contributed by atoms with Crippen molar-refractivity contribution in [1.82, 2.24) is 0 Å². The van der Waals surface area contributed by atoms with Gasteiger partial charge in [-0.25, -0.2) is 0 Å². The Labute approximate surface area is 146 Å². The molecule has 0 spiro atoms. The van der Waals surface area contributed by atoms with Crippen LogP contribution < -0.4 is 4.65 Å². The minimum atomic E-state index is -0.225. The Kier molecular flexibility index (Phi) is 2.86. The van der Waals surface area contributed by atoms with Gasteiger partial charge in [0.2, 0.25) is 0 Å². The Hall–Kier alpha value is -2.72. The van der Waals surface area contributed by atoms with Crippen LogP contribution in [0.15, 0.2) is 59.0 Å². The maximum atomic E-state index is 9.12. The van der Waals surface area contributed by atoms with Crippen molar-refractivity contribution in [1.29, 1.82) is 0 Å². The molecule has 0 unspecified atom stereocenters. The molecule has 1 N–H and O–H groups in total. The van der Waals surface area contributed by atoms with Crippen molar-refractivity contribution in [2.24, 2.45) is 0 Å². The van der Waals surface area contributed by atoms with Crippen molar-refractivity contribution in [3.05, 3.63) is 65.7 Å². The molecule has 0 amide bonds. The van der Waals surface area contributed by atoms with Gasteiger partial charge in [0.05, 0.1) is 0 Å². The standard InChI is InChI=1S/C21H16BO3/c1-21(2)16-10-15-12-6-3-4-8-17(12)24-19(15)11-14(16)13-7-5-9-18(20(13)21)25-22-23/h3-11,23H,1-2H3. The number of furan rings is 1. The number of para-hydroxylation sites is 1. The Bertz CT molecular complexity index is 1140. The molecule has 0 saturated carbocycles. The van der Waals surface area contributed by atoms with E-state index in [1.54, 1.807) is 0 Å². The Morgan fingerprint density at radius 2 is 1.76 bits per heavy atom. The Morgan fingerprint density at radius 1 is 0.920 bits per heavy atom. The third-order valence-electron chi connectivity index (χ3n) is 5.31. The number of rotatable bonds is 2. The summed E-state index contributed by atoms with van der Waals surface area (Å²) < 4.78 is 11.4. The van der Waals surface area contributed by atoms with E-state index in [9.17, 15) is 0 Å². The van der Waals surface area contributed by atoms with Crippen LogP contribution in [0.3, 0.4) is 0 Å². The molecule has 0 bridgehead atoms. The first-order valence-corrected chi connectivity index (χ1v) is 8.33. The summed E-state index contributed by atoms with van der Waals surface area (Å²) in [5.74, 6) is 0.683. The predicted molar refractivity (Wildman–Crippen MR) is 99.9 cm³/mol. The van der Waals surface area contributed by atoms with Crippen molar-refractivity contribution in [2.75, 3.05) is 0 Å². The summed E-state index contributed by atoms with van der Waals surface area (Å²) in [5.41, 5.74) is 6.20. The minimum absolute atomic E-state index is 0.225. The second-order valence-corrected chi connectivity index (χ2v) is 7.02. The fourth-order valence-corrected chi connectivity index (χ4v) is 4.20. The van der Waals surface area contributed by atoms with Gasteiger partial charge in [-0.3, -0.25) is 0 Å². The summed E-state index contributed by atoms with van der Waals surface area (Å²) in [6.07, 6.45) is 0. The highest BCUT2D eigenvalue weighted by Gasteiger charge is 2.38. The van der Waals surface area contributed by atoms with Crippen LogP contribution >= 0.6 is 0 Å². The lowest BCUT2D eigenvalue weighted by Gasteiger charge is -2.23. The SMILES string of the molecule is CC1(C)c2cc3c(cc2-c2cccc(O[B]O)c21)oc1ccccc13. The first kappa shape index (κ1) is 14.6. The molecule has 121 valence electrons. The van der Waals surface area contributed by atoms with Gasteiger partial charge in [0.1, 0.15) is 16.9 Å². The molecule has 1 aliphatic rings. The van der Waals surface area contributed by atoms with Gasteiger partial charge in [-0.15, -0.1) is 0 Å². The first-order chi connectivity index (χ1) is 12.1. The first-order valence-electron chi connectivity index (χ1n) is 8.33. The van der Waals surface area contributed by atoms with Crippen molar-refractivity contribution in [2.45, 2.75) is 19.3 Å². The zero-order chi connectivity index (χ0) is 17.2. The number of hydrogen-bond donors (Lipinski definition) is 1. The summed E-state index contributed by atoms with van der Waals surface area (Å²) in [7, 11) is 0.744. The van der Waals surface area contributed by atoms with E-state index in [-0.39, 0.29) is 5.41 Å². The van der Waals surface area contributed by atoms with E-state index in [0.29, 0.717) is 5.75 Å². The molecule has 0 fully saturated rings. The van der Waals surface area contributed by atoms with Crippen LogP contribution in [0.2, 0.25) is 0 Å². The lowest BCUT2D eigenvalue weighted by molar-refractivity contribution is 0.445. The normalized spacial score (nSPS) is 14.5. The second kappa shape index (κ2) is 4.90. The second-order valence-electron chi connectivity index (χ2n) is 7.02. The molecule has 4 heteroatoms. The fraction of sp³-hybridized carbons (Fsp3) is 0.143. The van der Waals surface area contributed by atoms with Gasteiger partial charge in [-0.1, -0.05) is 44.2 Å². The zero-order valence-electron chi connectivity index (χ0n) is 14.0. The molecule has 4 aromatic rings. The fourth-order valence-electron chi connectivity index (χ4n) is 4.20. The summed E-state index contributed by atoms with van der Waals surface area (Å²) in [4.78, 5) is 0. The number of fused-ring (bicyclic) bond motifs is 6. The molecular formula is C21H16BO3. The highest BCUT2D eigenvalue weighted by Crippen LogP contribution is 2.53. The van der Waals surface area contributed by atoms with Crippen LogP contribution in [0.5, 0.6) is 5.75 Å². The smallest absolute Gasteiger partial charge is 0.537 e. The van der Waals surface area contributed by atoms with Crippen molar-refractivity contribution >= 4 is 29.6 Å². The van der Waals surface area contributed by atoms with E-state index >= 15 is 0 Å². The molecule has 1 aromatic heterocycles. The monoisotopic (exact) mass is 327 g/mol. The molecule has 1 heterocycles. The predicted octanol–water partition coefficient (Wildman–Crippen LogP) is 4.80. The largest absolute Gasteiger partial charge is 0.569 e. The van der Waals surface area contributed by atoms with Gasteiger partial charge >= 0.3 is 7.69 Å². The summed E-state index contributed by atoms with van der Waals surface area (Å²) >= 11 is 0. The van der Waals surface area contributed by atoms with Crippen molar-refractivity contribution in [3.63, 3.8) is 0 Å². The summed E-state index contributed by atoms with van der Waals surface area (Å²) in [5, 5.41) is 11.4. The molecule has 0 aliphatic heterocycles. The minimum Gasteiger partial charge on any atom is -0.537 e. The van der Waals surface area contributed by atoms with Gasteiger partial charge < -0.3 is 14.1 Å². The molecule has 5 rings (SSSR count). The molecule has 3 nitrogen and oxygen atoms in total. The van der Waals surface area contributed by atoms with E-state index in [1.165, 1.54) is 5.56 Å². The molecule has 0 atom stereocenters. The highest BCUT2D eigenvalue weighted by molar-refractivity contribution is 6.17. The average Bonchev–Trinajstić information content (AvgIpc) is 3.08. The molecular weight excluding hydrogens is 311 g/mol. The van der Waals surface area contributed by atoms with E-state index < -0.39 is 0 Å². The maximum absolute atomic E-state index is 9.12. The quantitative estimate of drug-likeness (QED) is 0.538. The van der Waals surface area contributed by atoms with E-state index in [1.807, 2.05) is 30.3 Å². The van der Waals surface area contributed by atoms with Crippen LogP contribution in [-0.2, 0) is 5.41 Å². The molecule has 0 saturated heterocycles. The number of benzene rings is 3. The summed E-state index contributed by atoms with van der Waals surface area (Å²) in [6, 6.07) is 18.4. The Balaban J connectivity index is 1.86. The zero-order valence-corrected chi connectivity index (χ0v) is 14.0. The van der Waals surface area contributed by atoms with Gasteiger partial charge in [0.25, 0.3) is 0 Å². The van der Waals surface area contributed by atoms with Crippen LogP contribution in [0, 0.1) is 0 Å². The molecule has 25 heavy (non-hydrogen) atoms. The molecule has 1 aliphatic carbocycles. The van der Waals surface area contributed by atoms with E-state index in [4.69, 9.17) is 14.1 Å². The van der Waals surface area contributed by atoms with Gasteiger partial charge in [0.15, 0.2) is 0 Å². The third-order valence-corrected chi connectivity index (χ3v) is 5.31. The third kappa shape index (κ3) is 1.86. The molecule has 3 aromatic carbocycles. The van der Waals surface area contributed by atoms with E-state index in [0.717, 1.165) is 46.3 Å². The lowest BCUT2D eigenvalue weighted by Crippen LogP contribution is -2.17. The van der Waals surface area contributed by atoms with Gasteiger partial charge in [-0.05, 0) is 41.0 Å². The maximum Gasteiger partial charge on any atom is 0.569 e. The topological polar surface area (TPSA) is 42.6 Å². The lowest BCUT2D eigenvalue weighted by atomic mass is 9.81. The van der Waals surface area contributed by atoms with Gasteiger partial charge in [0, 0.05) is 21.8 Å². The number of hydrogen-bond acceptors (Lipinski definition) is 3. The van der Waals surface area contributed by atoms with Crippen LogP contribution in [0.4, 0.5) is 0 Å². The van der Waals surface area contributed by atoms with E-state index in [2.05, 4.69) is 38.1 Å². The van der Waals surface area contributed by atoms with Crippen LogP contribution in [0.25, 0.3) is 33.1 Å². The van der Waals surface area contributed by atoms with Crippen LogP contribution in [-0.4, -0.2) is 12.7 Å². The van der Waals surface area contributed by atoms with Crippen LogP contribution in [0.1, 0.15) is 25.0 Å². The van der Waals surface area contributed by atoms with Crippen molar-refractivity contribution < 1.29 is 14.1 Å². The summed E-state index contributed by atoms with van der Waals surface area (Å²) in [6.45, 7) is 4.38. The average molecular weight is 327 g/mol. The highest BCUT2D eigenvalue weighted by atomic mass is 16.5. The molecule has 1 radical (unpaired) electrons. The Morgan fingerprint density at radius 3 is 2.60 bits per heavy atom.